The SMILES string of the molecule is COC1CC2CCCC[C@]2(C)[C@@H]2CC[C@@]3(C)[C@@H](CCC3(O)O)[C@H]12. The second-order valence-electron chi connectivity index (χ2n) is 9.56. The lowest BCUT2D eigenvalue weighted by atomic mass is 9.44. The van der Waals surface area contributed by atoms with Gasteiger partial charge in [-0.25, -0.2) is 0 Å². The standard InChI is InChI=1S/C20H34O3/c1-18-9-5-4-6-13(18)12-16(23-3)17-14(18)7-10-19(2)15(17)8-11-20(19,21)22/h13-17,21-22H,4-12H2,1-3H3/t13?,14-,15+,16?,17-,18+,19+/m1/s1. The van der Waals surface area contributed by atoms with E-state index in [1.165, 1.54) is 32.1 Å². The summed E-state index contributed by atoms with van der Waals surface area (Å²) >= 11 is 0. The molecule has 4 aliphatic carbocycles. The minimum Gasteiger partial charge on any atom is -0.381 e. The number of ether oxygens (including phenoxy) is 1. The van der Waals surface area contributed by atoms with Crippen LogP contribution in [0.3, 0.4) is 0 Å². The maximum absolute atomic E-state index is 10.6. The van der Waals surface area contributed by atoms with Gasteiger partial charge in [-0.1, -0.05) is 26.7 Å². The summed E-state index contributed by atoms with van der Waals surface area (Å²) in [7, 11) is 1.87. The van der Waals surface area contributed by atoms with Gasteiger partial charge in [0.05, 0.1) is 6.10 Å². The van der Waals surface area contributed by atoms with E-state index in [0.717, 1.165) is 25.2 Å². The van der Waals surface area contributed by atoms with Crippen molar-refractivity contribution in [3.63, 3.8) is 0 Å². The maximum Gasteiger partial charge on any atom is 0.168 e. The van der Waals surface area contributed by atoms with Gasteiger partial charge < -0.3 is 14.9 Å². The van der Waals surface area contributed by atoms with Gasteiger partial charge >= 0.3 is 0 Å². The molecule has 0 saturated heterocycles. The fraction of sp³-hybridized carbons (Fsp3) is 1.00. The molecule has 0 amide bonds. The van der Waals surface area contributed by atoms with E-state index >= 15 is 0 Å². The van der Waals surface area contributed by atoms with E-state index in [1.807, 2.05) is 7.11 Å². The predicted molar refractivity (Wildman–Crippen MR) is 89.7 cm³/mol. The molecule has 0 bridgehead atoms. The molecule has 7 atom stereocenters. The van der Waals surface area contributed by atoms with Crippen molar-refractivity contribution in [2.45, 2.75) is 83.5 Å². The monoisotopic (exact) mass is 322 g/mol. The van der Waals surface area contributed by atoms with Gasteiger partial charge in [0.1, 0.15) is 0 Å². The highest BCUT2D eigenvalue weighted by atomic mass is 16.5. The highest BCUT2D eigenvalue weighted by molar-refractivity contribution is 5.12. The summed E-state index contributed by atoms with van der Waals surface area (Å²) < 4.78 is 6.01. The number of hydrogen-bond acceptors (Lipinski definition) is 3. The second kappa shape index (κ2) is 5.19. The largest absolute Gasteiger partial charge is 0.381 e. The van der Waals surface area contributed by atoms with E-state index in [1.54, 1.807) is 0 Å². The van der Waals surface area contributed by atoms with E-state index in [9.17, 15) is 10.2 Å². The van der Waals surface area contributed by atoms with Crippen LogP contribution in [0.4, 0.5) is 0 Å². The molecule has 0 aromatic carbocycles. The third-order valence-electron chi connectivity index (χ3n) is 8.99. The molecule has 0 spiro atoms. The normalized spacial score (nSPS) is 54.9. The Balaban J connectivity index is 1.72. The third-order valence-corrected chi connectivity index (χ3v) is 8.99. The van der Waals surface area contributed by atoms with E-state index in [2.05, 4.69) is 13.8 Å². The quantitative estimate of drug-likeness (QED) is 0.723. The fourth-order valence-electron chi connectivity index (χ4n) is 7.47. The lowest BCUT2D eigenvalue weighted by Crippen LogP contribution is -2.60. The zero-order valence-electron chi connectivity index (χ0n) is 15.1. The average Bonchev–Trinajstić information content (AvgIpc) is 2.76. The van der Waals surface area contributed by atoms with E-state index < -0.39 is 5.79 Å². The predicted octanol–water partition coefficient (Wildman–Crippen LogP) is 3.73. The molecule has 4 fully saturated rings. The number of aliphatic hydroxyl groups is 2. The first-order valence-electron chi connectivity index (χ1n) is 9.81. The minimum absolute atomic E-state index is 0.315. The topological polar surface area (TPSA) is 49.7 Å². The van der Waals surface area contributed by atoms with Crippen molar-refractivity contribution in [1.82, 2.24) is 0 Å². The van der Waals surface area contributed by atoms with E-state index in [4.69, 9.17) is 4.74 Å². The molecule has 0 heterocycles. The Bertz CT molecular complexity index is 476. The van der Waals surface area contributed by atoms with Crippen LogP contribution >= 0.6 is 0 Å². The molecule has 2 N–H and O–H groups in total. The number of fused-ring (bicyclic) bond motifs is 5. The van der Waals surface area contributed by atoms with Crippen molar-refractivity contribution >= 4 is 0 Å². The van der Waals surface area contributed by atoms with Gasteiger partial charge in [0.25, 0.3) is 0 Å². The first kappa shape index (κ1) is 16.4. The lowest BCUT2D eigenvalue weighted by molar-refractivity contribution is -0.260. The summed E-state index contributed by atoms with van der Waals surface area (Å²) in [5.41, 5.74) is 0.109. The Morgan fingerprint density at radius 2 is 1.65 bits per heavy atom. The van der Waals surface area contributed by atoms with Crippen LogP contribution in [0, 0.1) is 34.5 Å². The van der Waals surface area contributed by atoms with Crippen molar-refractivity contribution in [3.8, 4) is 0 Å². The van der Waals surface area contributed by atoms with E-state index in [0.29, 0.717) is 35.7 Å². The molecular weight excluding hydrogens is 288 g/mol. The van der Waals surface area contributed by atoms with Crippen LogP contribution in [0.15, 0.2) is 0 Å². The molecule has 3 nitrogen and oxygen atoms in total. The Hall–Kier alpha value is -0.120. The Labute approximate surface area is 140 Å². The minimum atomic E-state index is -1.48. The molecule has 0 aromatic heterocycles. The van der Waals surface area contributed by atoms with Crippen LogP contribution in [0.2, 0.25) is 0 Å². The molecule has 2 unspecified atom stereocenters. The van der Waals surface area contributed by atoms with Gasteiger partial charge in [0.15, 0.2) is 5.79 Å². The average molecular weight is 322 g/mol. The molecule has 132 valence electrons. The number of rotatable bonds is 1. The van der Waals surface area contributed by atoms with Crippen molar-refractivity contribution in [2.24, 2.45) is 34.5 Å². The Morgan fingerprint density at radius 3 is 2.39 bits per heavy atom. The highest BCUT2D eigenvalue weighted by Crippen LogP contribution is 2.68. The molecule has 4 rings (SSSR count). The van der Waals surface area contributed by atoms with Crippen molar-refractivity contribution in [2.75, 3.05) is 7.11 Å². The van der Waals surface area contributed by atoms with Gasteiger partial charge in [-0.2, -0.15) is 0 Å². The van der Waals surface area contributed by atoms with Crippen LogP contribution in [0.25, 0.3) is 0 Å². The van der Waals surface area contributed by atoms with Gasteiger partial charge in [-0.05, 0) is 67.6 Å². The highest BCUT2D eigenvalue weighted by Gasteiger charge is 2.66. The van der Waals surface area contributed by atoms with Crippen LogP contribution in [0.5, 0.6) is 0 Å². The first-order chi connectivity index (χ1) is 10.8. The summed E-state index contributed by atoms with van der Waals surface area (Å²) in [5, 5.41) is 21.2. The van der Waals surface area contributed by atoms with Crippen molar-refractivity contribution in [1.29, 1.82) is 0 Å². The van der Waals surface area contributed by atoms with Crippen molar-refractivity contribution < 1.29 is 14.9 Å². The van der Waals surface area contributed by atoms with Crippen LogP contribution in [-0.4, -0.2) is 29.2 Å². The third kappa shape index (κ3) is 2.05. The molecule has 0 aromatic rings. The Morgan fingerprint density at radius 1 is 0.913 bits per heavy atom. The van der Waals surface area contributed by atoms with Crippen LogP contribution < -0.4 is 0 Å². The van der Waals surface area contributed by atoms with Gasteiger partial charge in [-0.15, -0.1) is 0 Å². The molecule has 0 radical (unpaired) electrons. The number of methoxy groups -OCH3 is 1. The van der Waals surface area contributed by atoms with Crippen LogP contribution in [0.1, 0.15) is 71.6 Å². The zero-order valence-corrected chi connectivity index (χ0v) is 15.1. The van der Waals surface area contributed by atoms with Gasteiger partial charge in [0, 0.05) is 18.9 Å². The molecular formula is C20H34O3. The molecule has 4 aliphatic rings. The number of hydrogen-bond donors (Lipinski definition) is 2. The second-order valence-corrected chi connectivity index (χ2v) is 9.56. The van der Waals surface area contributed by atoms with Gasteiger partial charge in [0.2, 0.25) is 0 Å². The molecule has 4 saturated carbocycles. The molecule has 23 heavy (non-hydrogen) atoms. The molecule has 0 aliphatic heterocycles. The summed E-state index contributed by atoms with van der Waals surface area (Å²) in [4.78, 5) is 0. The zero-order chi connectivity index (χ0) is 16.5. The summed E-state index contributed by atoms with van der Waals surface area (Å²) in [5.74, 6) is 0.950. The smallest absolute Gasteiger partial charge is 0.168 e. The summed E-state index contributed by atoms with van der Waals surface area (Å²) in [6.45, 7) is 4.67. The summed E-state index contributed by atoms with van der Waals surface area (Å²) in [6.07, 6.45) is 10.6. The van der Waals surface area contributed by atoms with Crippen molar-refractivity contribution in [3.05, 3.63) is 0 Å². The van der Waals surface area contributed by atoms with Crippen LogP contribution in [-0.2, 0) is 4.74 Å². The fourth-order valence-corrected chi connectivity index (χ4v) is 7.47. The maximum atomic E-state index is 10.6. The van der Waals surface area contributed by atoms with E-state index in [-0.39, 0.29) is 5.41 Å². The Kier molecular flexibility index (Phi) is 3.69. The summed E-state index contributed by atoms with van der Waals surface area (Å²) in [6, 6.07) is 0. The lowest BCUT2D eigenvalue weighted by Gasteiger charge is -2.62. The molecule has 3 heteroatoms. The van der Waals surface area contributed by atoms with Gasteiger partial charge in [-0.3, -0.25) is 0 Å². The first-order valence-corrected chi connectivity index (χ1v) is 9.81.